The largest absolute Gasteiger partial charge is 0.325 e. The molecular formula is C12H14N4. The molecule has 0 aromatic carbocycles. The molecule has 0 unspecified atom stereocenters. The van der Waals surface area contributed by atoms with Crippen molar-refractivity contribution in [3.63, 3.8) is 0 Å². The Morgan fingerprint density at radius 1 is 0.875 bits per heavy atom. The molecule has 0 saturated heterocycles. The third kappa shape index (κ3) is 2.24. The van der Waals surface area contributed by atoms with E-state index in [2.05, 4.69) is 9.97 Å². The van der Waals surface area contributed by atoms with Crippen molar-refractivity contribution in [1.82, 2.24) is 9.97 Å². The van der Waals surface area contributed by atoms with Crippen LogP contribution in [0, 0.1) is 0 Å². The fourth-order valence-corrected chi connectivity index (χ4v) is 1.32. The third-order valence-electron chi connectivity index (χ3n) is 2.06. The summed E-state index contributed by atoms with van der Waals surface area (Å²) < 4.78 is 29.8. The van der Waals surface area contributed by atoms with Gasteiger partial charge < -0.3 is 11.5 Å². The van der Waals surface area contributed by atoms with Crippen LogP contribution in [0.25, 0.3) is 11.4 Å². The van der Waals surface area contributed by atoms with Gasteiger partial charge in [0.1, 0.15) is 0 Å². The minimum absolute atomic E-state index is 0.0814. The second kappa shape index (κ2) is 4.83. The maximum atomic E-state index is 7.46. The number of hydrogen-bond acceptors (Lipinski definition) is 4. The molecule has 2 heterocycles. The molecule has 0 atom stereocenters. The van der Waals surface area contributed by atoms with Gasteiger partial charge in [-0.15, -0.1) is 0 Å². The lowest BCUT2D eigenvalue weighted by Crippen LogP contribution is -2.02. The van der Waals surface area contributed by atoms with Crippen LogP contribution in [0.1, 0.15) is 16.9 Å². The SMILES string of the molecule is [2H]C([2H])(N)c1cccc(-c2cccc(C([2H])([2H])N)n2)n1. The third-order valence-corrected chi connectivity index (χ3v) is 2.06. The van der Waals surface area contributed by atoms with Crippen LogP contribution in [0.15, 0.2) is 36.4 Å². The van der Waals surface area contributed by atoms with Gasteiger partial charge in [-0.3, -0.25) is 0 Å². The molecular weight excluding hydrogens is 200 g/mol. The van der Waals surface area contributed by atoms with E-state index in [1.54, 1.807) is 24.3 Å². The number of rotatable bonds is 3. The molecule has 4 heteroatoms. The van der Waals surface area contributed by atoms with Crippen molar-refractivity contribution in [3.05, 3.63) is 47.8 Å². The van der Waals surface area contributed by atoms with Crippen molar-refractivity contribution in [2.24, 2.45) is 11.5 Å². The maximum absolute atomic E-state index is 7.46. The summed E-state index contributed by atoms with van der Waals surface area (Å²) in [6.07, 6.45) is 0. The van der Waals surface area contributed by atoms with Crippen LogP contribution in [0.3, 0.4) is 0 Å². The zero-order valence-corrected chi connectivity index (χ0v) is 8.51. The Morgan fingerprint density at radius 3 is 1.69 bits per heavy atom. The second-order valence-corrected chi connectivity index (χ2v) is 3.10. The first kappa shape index (κ1) is 6.73. The number of aromatic nitrogens is 2. The van der Waals surface area contributed by atoms with Crippen LogP contribution < -0.4 is 11.5 Å². The molecule has 2 aromatic rings. The van der Waals surface area contributed by atoms with Crippen LogP contribution in [-0.2, 0) is 13.0 Å². The van der Waals surface area contributed by atoms with E-state index in [1.807, 2.05) is 0 Å². The van der Waals surface area contributed by atoms with Gasteiger partial charge in [0.25, 0.3) is 0 Å². The van der Waals surface area contributed by atoms with Crippen LogP contribution in [0.5, 0.6) is 0 Å². The molecule has 2 aromatic heterocycles. The minimum Gasteiger partial charge on any atom is -0.325 e. The molecule has 4 nitrogen and oxygen atoms in total. The van der Waals surface area contributed by atoms with Gasteiger partial charge in [0, 0.05) is 18.5 Å². The Bertz CT molecular complexity index is 564. The quantitative estimate of drug-likeness (QED) is 0.807. The van der Waals surface area contributed by atoms with Crippen LogP contribution in [-0.4, -0.2) is 9.97 Å². The Morgan fingerprint density at radius 2 is 1.31 bits per heavy atom. The van der Waals surface area contributed by atoms with E-state index in [9.17, 15) is 0 Å². The summed E-state index contributed by atoms with van der Waals surface area (Å²) in [5, 5.41) is 0. The minimum atomic E-state index is -2.05. The summed E-state index contributed by atoms with van der Waals surface area (Å²) in [6.45, 7) is -4.09. The molecule has 0 radical (unpaired) electrons. The van der Waals surface area contributed by atoms with Crippen molar-refractivity contribution < 1.29 is 5.48 Å². The van der Waals surface area contributed by atoms with Gasteiger partial charge in [0.05, 0.1) is 22.8 Å². The van der Waals surface area contributed by atoms with E-state index in [4.69, 9.17) is 17.0 Å². The van der Waals surface area contributed by atoms with Gasteiger partial charge in [-0.05, 0) is 24.3 Å². The Hall–Kier alpha value is -1.78. The van der Waals surface area contributed by atoms with Crippen LogP contribution in [0.4, 0.5) is 0 Å². The number of pyridine rings is 2. The van der Waals surface area contributed by atoms with Crippen molar-refractivity contribution in [2.45, 2.75) is 13.0 Å². The Kier molecular flexibility index (Phi) is 2.03. The van der Waals surface area contributed by atoms with Gasteiger partial charge in [0.15, 0.2) is 0 Å². The molecule has 0 spiro atoms. The second-order valence-electron chi connectivity index (χ2n) is 3.10. The van der Waals surface area contributed by atoms with E-state index in [-0.39, 0.29) is 11.4 Å². The van der Waals surface area contributed by atoms with Crippen molar-refractivity contribution in [2.75, 3.05) is 0 Å². The fourth-order valence-electron chi connectivity index (χ4n) is 1.32. The van der Waals surface area contributed by atoms with Gasteiger partial charge in [0.2, 0.25) is 0 Å². The molecule has 0 aliphatic carbocycles. The molecule has 2 rings (SSSR count). The van der Waals surface area contributed by atoms with Crippen molar-refractivity contribution in [1.29, 1.82) is 0 Å². The first-order valence-corrected chi connectivity index (χ1v) is 4.71. The van der Waals surface area contributed by atoms with Gasteiger partial charge >= 0.3 is 0 Å². The number of nitrogens with zero attached hydrogens (tertiary/aromatic N) is 2. The van der Waals surface area contributed by atoms with Crippen LogP contribution >= 0.6 is 0 Å². The van der Waals surface area contributed by atoms with E-state index in [0.29, 0.717) is 11.4 Å². The lowest BCUT2D eigenvalue weighted by Gasteiger charge is -2.03. The zero-order chi connectivity index (χ0) is 15.0. The van der Waals surface area contributed by atoms with E-state index < -0.39 is 13.0 Å². The molecule has 0 amide bonds. The van der Waals surface area contributed by atoms with E-state index in [1.165, 1.54) is 12.1 Å². The summed E-state index contributed by atoms with van der Waals surface area (Å²) in [5.41, 5.74) is 11.7. The molecule has 4 N–H and O–H groups in total. The fraction of sp³-hybridized carbons (Fsp3) is 0.167. The topological polar surface area (TPSA) is 77.8 Å². The lowest BCUT2D eigenvalue weighted by molar-refractivity contribution is 0.973. The Labute approximate surface area is 100.0 Å². The molecule has 16 heavy (non-hydrogen) atoms. The highest BCUT2D eigenvalue weighted by molar-refractivity contribution is 5.54. The van der Waals surface area contributed by atoms with Gasteiger partial charge in [-0.25, -0.2) is 9.97 Å². The summed E-state index contributed by atoms with van der Waals surface area (Å²) in [7, 11) is 0. The first-order valence-electron chi connectivity index (χ1n) is 6.71. The smallest absolute Gasteiger partial charge is 0.0890 e. The van der Waals surface area contributed by atoms with Crippen molar-refractivity contribution >= 4 is 0 Å². The molecule has 0 aliphatic heterocycles. The van der Waals surface area contributed by atoms with Crippen LogP contribution in [0.2, 0.25) is 0 Å². The average Bonchev–Trinajstić information content (AvgIpc) is 2.37. The summed E-state index contributed by atoms with van der Waals surface area (Å²) in [6, 6.07) is 9.49. The summed E-state index contributed by atoms with van der Waals surface area (Å²) in [4.78, 5) is 8.22. The predicted molar refractivity (Wildman–Crippen MR) is 63.3 cm³/mol. The molecule has 0 saturated carbocycles. The van der Waals surface area contributed by atoms with E-state index >= 15 is 0 Å². The highest BCUT2D eigenvalue weighted by Gasteiger charge is 2.02. The monoisotopic (exact) mass is 218 g/mol. The predicted octanol–water partition coefficient (Wildman–Crippen LogP) is 1.06. The normalized spacial score (nSPS) is 15.9. The zero-order valence-electron chi connectivity index (χ0n) is 12.5. The Balaban J connectivity index is 2.47. The molecule has 0 fully saturated rings. The number of nitrogens with two attached hydrogens (primary N) is 2. The highest BCUT2D eigenvalue weighted by atomic mass is 14.8. The summed E-state index contributed by atoms with van der Waals surface area (Å²) in [5.74, 6) is 0. The maximum Gasteiger partial charge on any atom is 0.0890 e. The van der Waals surface area contributed by atoms with Gasteiger partial charge in [-0.1, -0.05) is 12.1 Å². The van der Waals surface area contributed by atoms with Crippen molar-refractivity contribution in [3.8, 4) is 11.4 Å². The lowest BCUT2D eigenvalue weighted by atomic mass is 10.2. The molecule has 82 valence electrons. The molecule has 0 bridgehead atoms. The molecule has 0 aliphatic rings. The standard InChI is InChI=1S/C12H14N4/c13-7-9-3-1-5-11(15-9)12-6-2-4-10(8-14)16-12/h1-6H,7-8,13-14H2/i7D2,8D2. The van der Waals surface area contributed by atoms with E-state index in [0.717, 1.165) is 0 Å². The highest BCUT2D eigenvalue weighted by Crippen LogP contribution is 2.14. The number of hydrogen-bond donors (Lipinski definition) is 2. The average molecular weight is 218 g/mol. The first-order chi connectivity index (χ1) is 9.18. The van der Waals surface area contributed by atoms with Gasteiger partial charge in [-0.2, -0.15) is 0 Å². The summed E-state index contributed by atoms with van der Waals surface area (Å²) >= 11 is 0.